The summed E-state index contributed by atoms with van der Waals surface area (Å²) < 4.78 is 0. The van der Waals surface area contributed by atoms with E-state index in [1.54, 1.807) is 0 Å². The predicted octanol–water partition coefficient (Wildman–Crippen LogP) is 2.56. The van der Waals surface area contributed by atoms with Gasteiger partial charge in [-0.15, -0.1) is 0 Å². The minimum Gasteiger partial charge on any atom is -0.328 e. The van der Waals surface area contributed by atoms with Crippen molar-refractivity contribution in [3.8, 4) is 0 Å². The predicted molar refractivity (Wildman–Crippen MR) is 82.0 cm³/mol. The molecule has 1 heterocycles. The Morgan fingerprint density at radius 2 is 1.44 bits per heavy atom. The molecule has 0 bridgehead atoms. The SMILES string of the molecule is CCC.CCN1CCN(C2CCC(N)CC2)CC1.[HH]. The summed E-state index contributed by atoms with van der Waals surface area (Å²) in [5.41, 5.74) is 5.94. The van der Waals surface area contributed by atoms with E-state index < -0.39 is 0 Å². The molecule has 110 valence electrons. The van der Waals surface area contributed by atoms with Crippen molar-refractivity contribution in [1.29, 1.82) is 0 Å². The van der Waals surface area contributed by atoms with Crippen LogP contribution < -0.4 is 5.73 Å². The number of likely N-dealkylation sites (N-methyl/N-ethyl adjacent to an activating group) is 1. The molecule has 0 atom stereocenters. The molecule has 0 aromatic heterocycles. The van der Waals surface area contributed by atoms with Crippen molar-refractivity contribution in [2.24, 2.45) is 5.73 Å². The summed E-state index contributed by atoms with van der Waals surface area (Å²) in [5, 5.41) is 0. The van der Waals surface area contributed by atoms with E-state index in [0.29, 0.717) is 6.04 Å². The minimum absolute atomic E-state index is 0. The Hall–Kier alpha value is -0.120. The van der Waals surface area contributed by atoms with Crippen LogP contribution in [0.4, 0.5) is 0 Å². The number of hydrogen-bond donors (Lipinski definition) is 1. The van der Waals surface area contributed by atoms with E-state index in [4.69, 9.17) is 5.73 Å². The van der Waals surface area contributed by atoms with Crippen LogP contribution in [0.15, 0.2) is 0 Å². The van der Waals surface area contributed by atoms with Crippen LogP contribution in [0.5, 0.6) is 0 Å². The quantitative estimate of drug-likeness (QED) is 0.825. The molecular weight excluding hydrogens is 222 g/mol. The highest BCUT2D eigenvalue weighted by atomic mass is 15.3. The monoisotopic (exact) mass is 257 g/mol. The Bertz CT molecular complexity index is 198. The zero-order chi connectivity index (χ0) is 13.4. The standard InChI is InChI=1S/C12H25N3.C3H8.H2/c1-2-14-7-9-15(10-8-14)12-5-3-11(13)4-6-12;1-3-2;/h11-12H,2-10,13H2,1H3;3H2,1-2H3;1H. The van der Waals surface area contributed by atoms with Crippen LogP contribution in [-0.4, -0.2) is 54.6 Å². The lowest BCUT2D eigenvalue weighted by atomic mass is 9.90. The molecule has 0 unspecified atom stereocenters. The number of nitrogens with two attached hydrogens (primary N) is 1. The Morgan fingerprint density at radius 1 is 0.944 bits per heavy atom. The van der Waals surface area contributed by atoms with Gasteiger partial charge < -0.3 is 10.6 Å². The van der Waals surface area contributed by atoms with Crippen LogP contribution in [0.25, 0.3) is 0 Å². The first-order chi connectivity index (χ1) is 8.71. The van der Waals surface area contributed by atoms with E-state index in [2.05, 4.69) is 30.6 Å². The van der Waals surface area contributed by atoms with Crippen LogP contribution in [0.2, 0.25) is 0 Å². The third-order valence-corrected chi connectivity index (χ3v) is 4.11. The molecule has 0 aromatic carbocycles. The Labute approximate surface area is 115 Å². The molecule has 1 aliphatic carbocycles. The summed E-state index contributed by atoms with van der Waals surface area (Å²) in [6.07, 6.45) is 6.37. The normalized spacial score (nSPS) is 30.7. The zero-order valence-corrected chi connectivity index (χ0v) is 12.7. The van der Waals surface area contributed by atoms with Gasteiger partial charge in [-0.2, -0.15) is 0 Å². The second kappa shape index (κ2) is 8.89. The second-order valence-corrected chi connectivity index (χ2v) is 5.75. The molecule has 0 amide bonds. The average Bonchev–Trinajstić information content (AvgIpc) is 2.41. The Morgan fingerprint density at radius 3 is 1.89 bits per heavy atom. The van der Waals surface area contributed by atoms with Gasteiger partial charge in [-0.05, 0) is 32.2 Å². The highest BCUT2D eigenvalue weighted by Crippen LogP contribution is 2.22. The van der Waals surface area contributed by atoms with Gasteiger partial charge in [0, 0.05) is 39.7 Å². The van der Waals surface area contributed by atoms with Gasteiger partial charge in [0.1, 0.15) is 0 Å². The van der Waals surface area contributed by atoms with Gasteiger partial charge in [0.2, 0.25) is 0 Å². The molecule has 2 aliphatic rings. The molecular formula is C15H35N3. The largest absolute Gasteiger partial charge is 0.328 e. The van der Waals surface area contributed by atoms with Gasteiger partial charge in [0.25, 0.3) is 0 Å². The van der Waals surface area contributed by atoms with Gasteiger partial charge in [-0.3, -0.25) is 4.90 Å². The van der Waals surface area contributed by atoms with E-state index >= 15 is 0 Å². The van der Waals surface area contributed by atoms with Crippen molar-refractivity contribution in [2.75, 3.05) is 32.7 Å². The fourth-order valence-corrected chi connectivity index (χ4v) is 2.91. The number of rotatable bonds is 2. The third kappa shape index (κ3) is 5.25. The molecule has 18 heavy (non-hydrogen) atoms. The first-order valence-electron chi connectivity index (χ1n) is 7.93. The maximum Gasteiger partial charge on any atom is 0.0113 e. The number of hydrogen-bond acceptors (Lipinski definition) is 3. The number of nitrogens with zero attached hydrogens (tertiary/aromatic N) is 2. The highest BCUT2D eigenvalue weighted by molar-refractivity contribution is 4.83. The van der Waals surface area contributed by atoms with E-state index in [9.17, 15) is 0 Å². The van der Waals surface area contributed by atoms with Crippen molar-refractivity contribution < 1.29 is 1.43 Å². The van der Waals surface area contributed by atoms with Crippen LogP contribution in [0.3, 0.4) is 0 Å². The second-order valence-electron chi connectivity index (χ2n) is 5.75. The van der Waals surface area contributed by atoms with E-state index in [-0.39, 0.29) is 1.43 Å². The van der Waals surface area contributed by atoms with Gasteiger partial charge >= 0.3 is 0 Å². The van der Waals surface area contributed by atoms with Gasteiger partial charge in [0.15, 0.2) is 0 Å². The molecule has 2 N–H and O–H groups in total. The molecule has 0 aromatic rings. The summed E-state index contributed by atoms with van der Waals surface area (Å²) in [5.74, 6) is 0. The summed E-state index contributed by atoms with van der Waals surface area (Å²) in [6, 6.07) is 1.32. The van der Waals surface area contributed by atoms with Crippen molar-refractivity contribution in [2.45, 2.75) is 65.0 Å². The van der Waals surface area contributed by atoms with E-state index in [1.165, 1.54) is 64.8 Å². The minimum atomic E-state index is 0. The number of piperazine rings is 1. The summed E-state index contributed by atoms with van der Waals surface area (Å²) in [6.45, 7) is 12.8. The zero-order valence-electron chi connectivity index (χ0n) is 12.7. The maximum atomic E-state index is 5.94. The topological polar surface area (TPSA) is 32.5 Å². The molecule has 2 rings (SSSR count). The fraction of sp³-hybridized carbons (Fsp3) is 1.00. The Kier molecular flexibility index (Phi) is 7.87. The van der Waals surface area contributed by atoms with Gasteiger partial charge in [-0.25, -0.2) is 0 Å². The average molecular weight is 257 g/mol. The van der Waals surface area contributed by atoms with Crippen LogP contribution in [0.1, 0.15) is 54.3 Å². The molecule has 3 nitrogen and oxygen atoms in total. The van der Waals surface area contributed by atoms with Crippen molar-refractivity contribution >= 4 is 0 Å². The lowest BCUT2D eigenvalue weighted by Gasteiger charge is -2.41. The molecule has 0 spiro atoms. The van der Waals surface area contributed by atoms with E-state index in [1.807, 2.05) is 0 Å². The van der Waals surface area contributed by atoms with Crippen LogP contribution >= 0.6 is 0 Å². The molecule has 1 saturated carbocycles. The molecule has 2 fully saturated rings. The van der Waals surface area contributed by atoms with Crippen molar-refractivity contribution in [1.82, 2.24) is 9.80 Å². The summed E-state index contributed by atoms with van der Waals surface area (Å²) >= 11 is 0. The van der Waals surface area contributed by atoms with E-state index in [0.717, 1.165) is 6.04 Å². The lowest BCUT2D eigenvalue weighted by Crippen LogP contribution is -2.51. The molecule has 3 heteroatoms. The fourth-order valence-electron chi connectivity index (χ4n) is 2.91. The first-order valence-corrected chi connectivity index (χ1v) is 7.93. The summed E-state index contributed by atoms with van der Waals surface area (Å²) in [7, 11) is 0. The van der Waals surface area contributed by atoms with Crippen LogP contribution in [-0.2, 0) is 0 Å². The maximum absolute atomic E-state index is 5.94. The third-order valence-electron chi connectivity index (χ3n) is 4.11. The smallest absolute Gasteiger partial charge is 0.0113 e. The molecule has 1 aliphatic heterocycles. The summed E-state index contributed by atoms with van der Waals surface area (Å²) in [4.78, 5) is 5.24. The first kappa shape index (κ1) is 15.9. The van der Waals surface area contributed by atoms with Crippen molar-refractivity contribution in [3.63, 3.8) is 0 Å². The highest BCUT2D eigenvalue weighted by Gasteiger charge is 2.26. The van der Waals surface area contributed by atoms with Crippen LogP contribution in [0, 0.1) is 0 Å². The van der Waals surface area contributed by atoms with Gasteiger partial charge in [0.05, 0.1) is 0 Å². The molecule has 0 radical (unpaired) electrons. The molecule has 1 saturated heterocycles. The lowest BCUT2D eigenvalue weighted by molar-refractivity contribution is 0.0790. The van der Waals surface area contributed by atoms with Crippen molar-refractivity contribution in [3.05, 3.63) is 0 Å². The van der Waals surface area contributed by atoms with Gasteiger partial charge in [-0.1, -0.05) is 27.2 Å². The Balaban J connectivity index is 0.000000742.